The maximum atomic E-state index is 4.55. The Morgan fingerprint density at radius 1 is 1.25 bits per heavy atom. The van der Waals surface area contributed by atoms with Crippen LogP contribution in [0.25, 0.3) is 0 Å². The number of aromatic nitrogens is 1. The van der Waals surface area contributed by atoms with Gasteiger partial charge in [0, 0.05) is 16.2 Å². The molecule has 0 atom stereocenters. The van der Waals surface area contributed by atoms with Crippen LogP contribution in [-0.2, 0) is 0 Å². The van der Waals surface area contributed by atoms with Gasteiger partial charge in [-0.1, -0.05) is 0 Å². The van der Waals surface area contributed by atoms with Crippen molar-refractivity contribution in [3.05, 3.63) is 10.6 Å². The van der Waals surface area contributed by atoms with Gasteiger partial charge in [-0.05, 0) is 45.8 Å². The number of hydrogen-bond acceptors (Lipinski definition) is 4. The van der Waals surface area contributed by atoms with Gasteiger partial charge in [0.2, 0.25) is 0 Å². The molecule has 0 unspecified atom stereocenters. The summed E-state index contributed by atoms with van der Waals surface area (Å²) in [6.45, 7) is 4.23. The molecule has 2 nitrogen and oxygen atoms in total. The lowest BCUT2D eigenvalue weighted by atomic mass is 9.95. The minimum Gasteiger partial charge on any atom is -0.359 e. The molecule has 4 heteroatoms. The van der Waals surface area contributed by atoms with E-state index in [1.807, 2.05) is 11.8 Å². The van der Waals surface area contributed by atoms with Gasteiger partial charge in [-0.25, -0.2) is 4.98 Å². The normalized spacial score (nSPS) is 25.7. The molecule has 0 radical (unpaired) electrons. The van der Waals surface area contributed by atoms with Crippen molar-refractivity contribution in [3.63, 3.8) is 0 Å². The van der Waals surface area contributed by atoms with Crippen molar-refractivity contribution >= 4 is 28.2 Å². The van der Waals surface area contributed by atoms with Crippen LogP contribution in [0.1, 0.15) is 36.3 Å². The lowest BCUT2D eigenvalue weighted by molar-refractivity contribution is 0.473. The number of thioether (sulfide) groups is 1. The Morgan fingerprint density at radius 3 is 2.44 bits per heavy atom. The molecular formula is C12H20N2S2. The first kappa shape index (κ1) is 12.2. The van der Waals surface area contributed by atoms with Crippen LogP contribution in [0.5, 0.6) is 0 Å². The molecule has 1 aliphatic rings. The van der Waals surface area contributed by atoms with E-state index in [1.54, 1.807) is 11.3 Å². The second kappa shape index (κ2) is 5.41. The van der Waals surface area contributed by atoms with Crippen LogP contribution in [0.4, 0.5) is 5.13 Å². The van der Waals surface area contributed by atoms with E-state index in [2.05, 4.69) is 30.4 Å². The van der Waals surface area contributed by atoms with Gasteiger partial charge in [0.1, 0.15) is 0 Å². The molecule has 1 aromatic heterocycles. The summed E-state index contributed by atoms with van der Waals surface area (Å²) < 4.78 is 0. The van der Waals surface area contributed by atoms with Gasteiger partial charge >= 0.3 is 0 Å². The first-order chi connectivity index (χ1) is 7.69. The molecule has 0 aromatic carbocycles. The first-order valence-electron chi connectivity index (χ1n) is 5.92. The molecule has 1 heterocycles. The van der Waals surface area contributed by atoms with Gasteiger partial charge in [-0.3, -0.25) is 0 Å². The van der Waals surface area contributed by atoms with Crippen LogP contribution in [0, 0.1) is 13.8 Å². The van der Waals surface area contributed by atoms with Gasteiger partial charge in [0.05, 0.1) is 5.69 Å². The first-order valence-corrected chi connectivity index (χ1v) is 8.03. The van der Waals surface area contributed by atoms with Crippen molar-refractivity contribution in [2.75, 3.05) is 11.6 Å². The maximum absolute atomic E-state index is 4.55. The van der Waals surface area contributed by atoms with E-state index < -0.39 is 0 Å². The zero-order valence-electron chi connectivity index (χ0n) is 10.2. The summed E-state index contributed by atoms with van der Waals surface area (Å²) in [7, 11) is 0. The highest BCUT2D eigenvalue weighted by Crippen LogP contribution is 2.30. The molecular weight excluding hydrogens is 236 g/mol. The molecule has 16 heavy (non-hydrogen) atoms. The van der Waals surface area contributed by atoms with Gasteiger partial charge < -0.3 is 5.32 Å². The fraction of sp³-hybridized carbons (Fsp3) is 0.750. The van der Waals surface area contributed by atoms with Crippen molar-refractivity contribution in [1.29, 1.82) is 0 Å². The van der Waals surface area contributed by atoms with Crippen LogP contribution in [0.3, 0.4) is 0 Å². The molecule has 0 saturated heterocycles. The van der Waals surface area contributed by atoms with Crippen LogP contribution < -0.4 is 5.32 Å². The fourth-order valence-corrected chi connectivity index (χ4v) is 3.79. The monoisotopic (exact) mass is 256 g/mol. The molecule has 1 N–H and O–H groups in total. The fourth-order valence-electron chi connectivity index (χ4n) is 2.15. The summed E-state index contributed by atoms with van der Waals surface area (Å²) >= 11 is 3.81. The molecule has 0 bridgehead atoms. The summed E-state index contributed by atoms with van der Waals surface area (Å²) in [5, 5.41) is 5.59. The predicted molar refractivity (Wildman–Crippen MR) is 74.8 cm³/mol. The van der Waals surface area contributed by atoms with Gasteiger partial charge in [-0.15, -0.1) is 11.3 Å². The van der Waals surface area contributed by atoms with Crippen molar-refractivity contribution in [3.8, 4) is 0 Å². The number of nitrogens with zero attached hydrogens (tertiary/aromatic N) is 1. The van der Waals surface area contributed by atoms with E-state index in [4.69, 9.17) is 0 Å². The summed E-state index contributed by atoms with van der Waals surface area (Å²) in [6.07, 6.45) is 7.52. The summed E-state index contributed by atoms with van der Waals surface area (Å²) in [4.78, 5) is 5.88. The maximum Gasteiger partial charge on any atom is 0.183 e. The third kappa shape index (κ3) is 2.92. The Morgan fingerprint density at radius 2 is 1.94 bits per heavy atom. The second-order valence-corrected chi connectivity index (χ2v) is 6.86. The highest BCUT2D eigenvalue weighted by Gasteiger charge is 2.21. The van der Waals surface area contributed by atoms with Crippen molar-refractivity contribution in [2.45, 2.75) is 50.8 Å². The molecule has 0 spiro atoms. The molecule has 1 aromatic rings. The molecule has 1 fully saturated rings. The Kier molecular flexibility index (Phi) is 4.14. The summed E-state index contributed by atoms with van der Waals surface area (Å²) in [5.41, 5.74) is 1.17. The van der Waals surface area contributed by atoms with E-state index in [1.165, 1.54) is 36.3 Å². The van der Waals surface area contributed by atoms with Crippen molar-refractivity contribution in [2.24, 2.45) is 0 Å². The zero-order chi connectivity index (χ0) is 11.5. The minimum absolute atomic E-state index is 0.647. The van der Waals surface area contributed by atoms with Crippen LogP contribution in [-0.4, -0.2) is 22.5 Å². The lowest BCUT2D eigenvalue weighted by Gasteiger charge is -2.27. The average Bonchev–Trinajstić information content (AvgIpc) is 2.59. The van der Waals surface area contributed by atoms with Gasteiger partial charge in [0.25, 0.3) is 0 Å². The van der Waals surface area contributed by atoms with Gasteiger partial charge in [-0.2, -0.15) is 11.8 Å². The number of rotatable bonds is 3. The minimum atomic E-state index is 0.647. The second-order valence-electron chi connectivity index (χ2n) is 4.51. The topological polar surface area (TPSA) is 24.9 Å². The van der Waals surface area contributed by atoms with E-state index in [-0.39, 0.29) is 0 Å². The lowest BCUT2D eigenvalue weighted by Crippen LogP contribution is -2.26. The van der Waals surface area contributed by atoms with Crippen molar-refractivity contribution in [1.82, 2.24) is 4.98 Å². The number of nitrogens with one attached hydrogen (secondary N) is 1. The average molecular weight is 256 g/mol. The number of aryl methyl sites for hydroxylation is 2. The Bertz CT molecular complexity index is 321. The van der Waals surface area contributed by atoms with E-state index in [9.17, 15) is 0 Å². The molecule has 2 rings (SSSR count). The third-order valence-electron chi connectivity index (χ3n) is 3.36. The highest BCUT2D eigenvalue weighted by molar-refractivity contribution is 7.99. The summed E-state index contributed by atoms with van der Waals surface area (Å²) in [5.74, 6) is 0. The van der Waals surface area contributed by atoms with Gasteiger partial charge in [0.15, 0.2) is 5.13 Å². The number of anilines is 1. The standard InChI is InChI=1S/C12H20N2S2/c1-8-9(2)16-12(13-8)14-10-4-6-11(15-3)7-5-10/h10-11H,4-7H2,1-3H3,(H,13,14). The zero-order valence-corrected chi connectivity index (χ0v) is 11.9. The SMILES string of the molecule is CSC1CCC(Nc2nc(C)c(C)s2)CC1. The van der Waals surface area contributed by atoms with Crippen molar-refractivity contribution < 1.29 is 0 Å². The molecule has 1 aliphatic carbocycles. The van der Waals surface area contributed by atoms with Crippen LogP contribution in [0.2, 0.25) is 0 Å². The van der Waals surface area contributed by atoms with E-state index >= 15 is 0 Å². The molecule has 0 amide bonds. The molecule has 1 saturated carbocycles. The number of hydrogen-bond donors (Lipinski definition) is 1. The van der Waals surface area contributed by atoms with E-state index in [0.29, 0.717) is 6.04 Å². The largest absolute Gasteiger partial charge is 0.359 e. The quantitative estimate of drug-likeness (QED) is 0.889. The van der Waals surface area contributed by atoms with E-state index in [0.717, 1.165) is 10.4 Å². The summed E-state index contributed by atoms with van der Waals surface area (Å²) in [6, 6.07) is 0.647. The molecule has 0 aliphatic heterocycles. The predicted octanol–water partition coefficient (Wildman–Crippen LogP) is 3.85. The van der Waals surface area contributed by atoms with Crippen LogP contribution in [0.15, 0.2) is 0 Å². The van der Waals surface area contributed by atoms with Crippen LogP contribution >= 0.6 is 23.1 Å². The third-order valence-corrected chi connectivity index (χ3v) is 5.51. The smallest absolute Gasteiger partial charge is 0.183 e. The Hall–Kier alpha value is -0.220. The highest BCUT2D eigenvalue weighted by atomic mass is 32.2. The Balaban J connectivity index is 1.87. The Labute approximate surface area is 106 Å². The number of thiazole rings is 1. The molecule has 90 valence electrons.